The van der Waals surface area contributed by atoms with Crippen molar-refractivity contribution in [1.29, 1.82) is 0 Å². The maximum atomic E-state index is 12.6. The molecule has 1 aromatic carbocycles. The van der Waals surface area contributed by atoms with Gasteiger partial charge < -0.3 is 8.94 Å². The second-order valence-electron chi connectivity index (χ2n) is 3.98. The molecule has 0 aliphatic heterocycles. The van der Waals surface area contributed by atoms with Gasteiger partial charge in [-0.05, 0) is 24.3 Å². The van der Waals surface area contributed by atoms with Gasteiger partial charge in [-0.1, -0.05) is 17.3 Å². The van der Waals surface area contributed by atoms with Crippen LogP contribution in [0.1, 0.15) is 5.56 Å². The van der Waals surface area contributed by atoms with Crippen LogP contribution in [0, 0.1) is 0 Å². The summed E-state index contributed by atoms with van der Waals surface area (Å²) in [7, 11) is 0. The van der Waals surface area contributed by atoms with Crippen LogP contribution >= 0.6 is 0 Å². The van der Waals surface area contributed by atoms with E-state index in [1.165, 1.54) is 18.4 Å². The largest absolute Gasteiger partial charge is 0.459 e. The molecule has 3 rings (SSSR count). The molecular weight excluding hydrogens is 273 g/mol. The third-order valence-electron chi connectivity index (χ3n) is 2.61. The van der Waals surface area contributed by atoms with Gasteiger partial charge >= 0.3 is 6.18 Å². The first-order valence-corrected chi connectivity index (χ1v) is 5.59. The van der Waals surface area contributed by atoms with E-state index in [1.54, 1.807) is 12.1 Å². The fourth-order valence-corrected chi connectivity index (χ4v) is 1.68. The lowest BCUT2D eigenvalue weighted by atomic mass is 10.1. The highest BCUT2D eigenvalue weighted by molar-refractivity contribution is 5.58. The fourth-order valence-electron chi connectivity index (χ4n) is 1.68. The molecular formula is C13H7F3N2O2. The van der Waals surface area contributed by atoms with Crippen LogP contribution in [-0.2, 0) is 6.18 Å². The van der Waals surface area contributed by atoms with Crippen molar-refractivity contribution >= 4 is 0 Å². The molecule has 0 bridgehead atoms. The van der Waals surface area contributed by atoms with Gasteiger partial charge in [-0.25, -0.2) is 0 Å². The normalized spacial score (nSPS) is 11.8. The maximum Gasteiger partial charge on any atom is 0.416 e. The van der Waals surface area contributed by atoms with Crippen molar-refractivity contribution in [3.05, 3.63) is 48.2 Å². The first-order valence-electron chi connectivity index (χ1n) is 5.59. The van der Waals surface area contributed by atoms with Crippen molar-refractivity contribution in [2.24, 2.45) is 0 Å². The van der Waals surface area contributed by atoms with Gasteiger partial charge in [0.2, 0.25) is 5.82 Å². The number of furan rings is 1. The van der Waals surface area contributed by atoms with Crippen LogP contribution in [0.4, 0.5) is 13.2 Å². The Morgan fingerprint density at radius 3 is 2.60 bits per heavy atom. The van der Waals surface area contributed by atoms with E-state index in [9.17, 15) is 13.2 Å². The topological polar surface area (TPSA) is 52.1 Å². The Morgan fingerprint density at radius 2 is 1.90 bits per heavy atom. The molecule has 0 unspecified atom stereocenters. The van der Waals surface area contributed by atoms with Gasteiger partial charge in [-0.15, -0.1) is 0 Å². The summed E-state index contributed by atoms with van der Waals surface area (Å²) in [6, 6.07) is 7.98. The van der Waals surface area contributed by atoms with Gasteiger partial charge in [0.1, 0.15) is 0 Å². The molecule has 0 N–H and O–H groups in total. The zero-order valence-electron chi connectivity index (χ0n) is 9.89. The molecule has 0 saturated carbocycles. The molecule has 20 heavy (non-hydrogen) atoms. The van der Waals surface area contributed by atoms with Crippen LogP contribution in [-0.4, -0.2) is 10.1 Å². The summed E-state index contributed by atoms with van der Waals surface area (Å²) in [5.74, 6) is 0.542. The summed E-state index contributed by atoms with van der Waals surface area (Å²) < 4.78 is 47.9. The van der Waals surface area contributed by atoms with Crippen molar-refractivity contribution in [2.75, 3.05) is 0 Å². The summed E-state index contributed by atoms with van der Waals surface area (Å²) in [6.07, 6.45) is -2.98. The van der Waals surface area contributed by atoms with E-state index in [0.29, 0.717) is 5.76 Å². The summed E-state index contributed by atoms with van der Waals surface area (Å²) in [4.78, 5) is 4.01. The van der Waals surface area contributed by atoms with Crippen LogP contribution in [0.2, 0.25) is 0 Å². The average molecular weight is 280 g/mol. The SMILES string of the molecule is FC(F)(F)c1cccc(-c2noc(-c3ccco3)n2)c1. The maximum absolute atomic E-state index is 12.6. The predicted octanol–water partition coefficient (Wildman–Crippen LogP) is 4.02. The number of hydrogen-bond donors (Lipinski definition) is 0. The minimum absolute atomic E-state index is 0.0718. The number of nitrogens with zero attached hydrogens (tertiary/aromatic N) is 2. The zero-order valence-corrected chi connectivity index (χ0v) is 9.89. The van der Waals surface area contributed by atoms with Crippen LogP contribution in [0.5, 0.6) is 0 Å². The minimum atomic E-state index is -4.41. The second-order valence-corrected chi connectivity index (χ2v) is 3.98. The van der Waals surface area contributed by atoms with E-state index >= 15 is 0 Å². The van der Waals surface area contributed by atoms with E-state index in [2.05, 4.69) is 10.1 Å². The highest BCUT2D eigenvalue weighted by Gasteiger charge is 2.30. The van der Waals surface area contributed by atoms with Crippen LogP contribution in [0.15, 0.2) is 51.6 Å². The van der Waals surface area contributed by atoms with Crippen molar-refractivity contribution < 1.29 is 22.1 Å². The lowest BCUT2D eigenvalue weighted by Crippen LogP contribution is -2.04. The van der Waals surface area contributed by atoms with E-state index in [-0.39, 0.29) is 17.3 Å². The van der Waals surface area contributed by atoms with Crippen molar-refractivity contribution in [3.8, 4) is 23.0 Å². The van der Waals surface area contributed by atoms with Crippen LogP contribution in [0.3, 0.4) is 0 Å². The van der Waals surface area contributed by atoms with E-state index in [4.69, 9.17) is 8.94 Å². The first kappa shape index (κ1) is 12.5. The molecule has 102 valence electrons. The molecule has 0 aliphatic carbocycles. The van der Waals surface area contributed by atoms with Crippen LogP contribution in [0.25, 0.3) is 23.0 Å². The number of benzene rings is 1. The van der Waals surface area contributed by atoms with Gasteiger partial charge in [-0.2, -0.15) is 18.2 Å². The third-order valence-corrected chi connectivity index (χ3v) is 2.61. The van der Waals surface area contributed by atoms with Crippen molar-refractivity contribution in [1.82, 2.24) is 10.1 Å². The molecule has 0 saturated heterocycles. The number of alkyl halides is 3. The summed E-state index contributed by atoms with van der Waals surface area (Å²) >= 11 is 0. The van der Waals surface area contributed by atoms with E-state index < -0.39 is 11.7 Å². The Labute approximate surface area is 110 Å². The Balaban J connectivity index is 1.98. The van der Waals surface area contributed by atoms with Crippen LogP contribution < -0.4 is 0 Å². The quantitative estimate of drug-likeness (QED) is 0.711. The molecule has 0 amide bonds. The van der Waals surface area contributed by atoms with Gasteiger partial charge in [0.25, 0.3) is 5.89 Å². The monoisotopic (exact) mass is 280 g/mol. The third kappa shape index (κ3) is 2.29. The summed E-state index contributed by atoms with van der Waals surface area (Å²) in [5.41, 5.74) is -0.541. The first-order chi connectivity index (χ1) is 9.54. The van der Waals surface area contributed by atoms with Crippen molar-refractivity contribution in [3.63, 3.8) is 0 Å². The van der Waals surface area contributed by atoms with Gasteiger partial charge in [0.15, 0.2) is 5.76 Å². The molecule has 2 heterocycles. The number of aromatic nitrogens is 2. The fraction of sp³-hybridized carbons (Fsp3) is 0.0769. The standard InChI is InChI=1S/C13H7F3N2O2/c14-13(15,16)9-4-1-3-8(7-9)11-17-12(20-18-11)10-5-2-6-19-10/h1-7H. The summed E-state index contributed by atoms with van der Waals surface area (Å²) in [6.45, 7) is 0. The smallest absolute Gasteiger partial charge is 0.416 e. The number of rotatable bonds is 2. The zero-order chi connectivity index (χ0) is 14.2. The molecule has 0 fully saturated rings. The highest BCUT2D eigenvalue weighted by atomic mass is 19.4. The molecule has 7 heteroatoms. The molecule has 0 aliphatic rings. The lowest BCUT2D eigenvalue weighted by Gasteiger charge is -2.06. The van der Waals surface area contributed by atoms with Gasteiger partial charge in [-0.3, -0.25) is 0 Å². The molecule has 2 aromatic heterocycles. The van der Waals surface area contributed by atoms with E-state index in [1.807, 2.05) is 0 Å². The number of halogens is 3. The molecule has 0 atom stereocenters. The molecule has 4 nitrogen and oxygen atoms in total. The lowest BCUT2D eigenvalue weighted by molar-refractivity contribution is -0.137. The average Bonchev–Trinajstić information content (AvgIpc) is 3.09. The van der Waals surface area contributed by atoms with Gasteiger partial charge in [0, 0.05) is 5.56 Å². The Kier molecular flexibility index (Phi) is 2.81. The molecule has 0 spiro atoms. The second kappa shape index (κ2) is 4.52. The Bertz CT molecular complexity index is 717. The van der Waals surface area contributed by atoms with Gasteiger partial charge in [0.05, 0.1) is 11.8 Å². The molecule has 0 radical (unpaired) electrons. The predicted molar refractivity (Wildman–Crippen MR) is 62.4 cm³/mol. The minimum Gasteiger partial charge on any atom is -0.459 e. The number of hydrogen-bond acceptors (Lipinski definition) is 4. The Morgan fingerprint density at radius 1 is 1.05 bits per heavy atom. The summed E-state index contributed by atoms with van der Waals surface area (Å²) in [5, 5.41) is 3.65. The highest BCUT2D eigenvalue weighted by Crippen LogP contribution is 2.32. The van der Waals surface area contributed by atoms with E-state index in [0.717, 1.165) is 12.1 Å². The molecule has 3 aromatic rings. The Hall–Kier alpha value is -2.57. The van der Waals surface area contributed by atoms with Crippen molar-refractivity contribution in [2.45, 2.75) is 6.18 Å².